The molecule has 0 spiro atoms. The number of non-ortho nitro benzene ring substituents is 1. The number of hydrogen-bond donors (Lipinski definition) is 1. The van der Waals surface area contributed by atoms with E-state index in [9.17, 15) is 19.3 Å². The van der Waals surface area contributed by atoms with Crippen molar-refractivity contribution >= 4 is 35.0 Å². The Bertz CT molecular complexity index is 803. The van der Waals surface area contributed by atoms with Crippen molar-refractivity contribution in [1.82, 2.24) is 0 Å². The third-order valence-electron chi connectivity index (χ3n) is 3.05. The highest BCUT2D eigenvalue weighted by Gasteiger charge is 2.12. The second-order valence-corrected chi connectivity index (χ2v) is 5.01. The van der Waals surface area contributed by atoms with Crippen molar-refractivity contribution in [3.05, 3.63) is 69.0 Å². The summed E-state index contributed by atoms with van der Waals surface area (Å²) in [6, 6.07) is 7.95. The lowest BCUT2D eigenvalue weighted by molar-refractivity contribution is -0.384. The second kappa shape index (κ2) is 7.56. The van der Waals surface area contributed by atoms with Gasteiger partial charge in [-0.1, -0.05) is 17.7 Å². The van der Waals surface area contributed by atoms with E-state index in [-0.39, 0.29) is 27.7 Å². The molecule has 0 aliphatic rings. The van der Waals surface area contributed by atoms with Crippen molar-refractivity contribution in [2.75, 3.05) is 12.4 Å². The van der Waals surface area contributed by atoms with Crippen molar-refractivity contribution in [3.8, 4) is 5.75 Å². The van der Waals surface area contributed by atoms with E-state index in [0.29, 0.717) is 0 Å². The van der Waals surface area contributed by atoms with Gasteiger partial charge in [-0.2, -0.15) is 0 Å². The minimum atomic E-state index is -0.575. The molecule has 24 heavy (non-hydrogen) atoms. The number of nitrogens with zero attached hydrogens (tertiary/aromatic N) is 1. The number of halogens is 2. The van der Waals surface area contributed by atoms with Gasteiger partial charge in [0.2, 0.25) is 5.91 Å². The molecule has 0 bridgehead atoms. The Morgan fingerprint density at radius 2 is 2.12 bits per heavy atom. The molecule has 6 nitrogen and oxygen atoms in total. The molecular formula is C16H12ClFN2O4. The molecule has 1 amide bonds. The summed E-state index contributed by atoms with van der Waals surface area (Å²) in [6.45, 7) is 0. The van der Waals surface area contributed by atoms with Crippen LogP contribution in [0.25, 0.3) is 6.08 Å². The maximum absolute atomic E-state index is 13.6. The molecule has 1 N–H and O–H groups in total. The van der Waals surface area contributed by atoms with Gasteiger partial charge in [0.1, 0.15) is 11.6 Å². The third-order valence-corrected chi connectivity index (χ3v) is 3.38. The number of nitrogens with one attached hydrogen (secondary N) is 1. The van der Waals surface area contributed by atoms with Gasteiger partial charge in [0, 0.05) is 17.7 Å². The molecule has 124 valence electrons. The molecule has 8 heteroatoms. The normalized spacial score (nSPS) is 10.6. The summed E-state index contributed by atoms with van der Waals surface area (Å²) >= 11 is 5.86. The average molecular weight is 351 g/mol. The molecule has 0 radical (unpaired) electrons. The van der Waals surface area contributed by atoms with Crippen LogP contribution in [0, 0.1) is 15.9 Å². The fourth-order valence-electron chi connectivity index (χ4n) is 1.90. The fourth-order valence-corrected chi connectivity index (χ4v) is 2.13. The Balaban J connectivity index is 2.18. The van der Waals surface area contributed by atoms with E-state index < -0.39 is 16.6 Å². The number of benzene rings is 2. The molecule has 0 aromatic heterocycles. The molecule has 0 aliphatic carbocycles. The quantitative estimate of drug-likeness (QED) is 0.501. The molecule has 2 aromatic carbocycles. The van der Waals surface area contributed by atoms with Crippen LogP contribution >= 0.6 is 11.6 Å². The third kappa shape index (κ3) is 4.08. The van der Waals surface area contributed by atoms with E-state index >= 15 is 0 Å². The van der Waals surface area contributed by atoms with Gasteiger partial charge in [0.15, 0.2) is 0 Å². The Morgan fingerprint density at radius 3 is 2.75 bits per heavy atom. The van der Waals surface area contributed by atoms with E-state index in [1.807, 2.05) is 0 Å². The maximum atomic E-state index is 13.6. The van der Waals surface area contributed by atoms with Gasteiger partial charge in [-0.25, -0.2) is 4.39 Å². The summed E-state index contributed by atoms with van der Waals surface area (Å²) in [6.07, 6.45) is 2.34. The number of carbonyl (C=O) groups excluding carboxylic acids is 1. The molecule has 0 fully saturated rings. The maximum Gasteiger partial charge on any atom is 0.273 e. The summed E-state index contributed by atoms with van der Waals surface area (Å²) in [7, 11) is 1.32. The number of amides is 1. The van der Waals surface area contributed by atoms with Gasteiger partial charge in [0.05, 0.1) is 28.8 Å². The van der Waals surface area contributed by atoms with Crippen molar-refractivity contribution in [1.29, 1.82) is 0 Å². The zero-order valence-electron chi connectivity index (χ0n) is 12.5. The molecule has 0 saturated heterocycles. The van der Waals surface area contributed by atoms with Gasteiger partial charge < -0.3 is 10.1 Å². The smallest absolute Gasteiger partial charge is 0.273 e. The number of methoxy groups -OCH3 is 1. The van der Waals surface area contributed by atoms with Crippen LogP contribution in [0.4, 0.5) is 15.8 Å². The molecule has 0 aliphatic heterocycles. The SMILES string of the molecule is COc1cc([N+](=O)[O-])ccc1NC(=O)/C=C/c1c(F)cccc1Cl. The Morgan fingerprint density at radius 1 is 1.38 bits per heavy atom. The van der Waals surface area contributed by atoms with Gasteiger partial charge in [-0.3, -0.25) is 14.9 Å². The minimum Gasteiger partial charge on any atom is -0.494 e. The monoisotopic (exact) mass is 350 g/mol. The number of nitro benzene ring substituents is 1. The standard InChI is InChI=1S/C16H12ClFN2O4/c1-24-15-9-10(20(22)23)5-7-14(15)19-16(21)8-6-11-12(17)3-2-4-13(11)18/h2-9H,1H3,(H,19,21)/b8-6+. The number of rotatable bonds is 5. The molecule has 0 heterocycles. The fraction of sp³-hybridized carbons (Fsp3) is 0.0625. The lowest BCUT2D eigenvalue weighted by Gasteiger charge is -2.08. The van der Waals surface area contributed by atoms with Gasteiger partial charge in [-0.15, -0.1) is 0 Å². The zero-order chi connectivity index (χ0) is 17.7. The lowest BCUT2D eigenvalue weighted by atomic mass is 10.2. The van der Waals surface area contributed by atoms with E-state index in [1.54, 1.807) is 0 Å². The van der Waals surface area contributed by atoms with Gasteiger partial charge >= 0.3 is 0 Å². The highest BCUT2D eigenvalue weighted by atomic mass is 35.5. The molecular weight excluding hydrogens is 339 g/mol. The van der Waals surface area contributed by atoms with Crippen LogP contribution in [0.2, 0.25) is 5.02 Å². The number of anilines is 1. The van der Waals surface area contributed by atoms with Crippen molar-refractivity contribution in [2.24, 2.45) is 0 Å². The van der Waals surface area contributed by atoms with E-state index in [1.165, 1.54) is 49.6 Å². The number of nitro groups is 1. The van der Waals surface area contributed by atoms with Crippen LogP contribution in [0.15, 0.2) is 42.5 Å². The summed E-state index contributed by atoms with van der Waals surface area (Å²) in [5.41, 5.74) is 0.167. The Kier molecular flexibility index (Phi) is 5.49. The van der Waals surface area contributed by atoms with Crippen molar-refractivity contribution in [2.45, 2.75) is 0 Å². The summed E-state index contributed by atoms with van der Waals surface area (Å²) in [4.78, 5) is 22.1. The van der Waals surface area contributed by atoms with Gasteiger partial charge in [-0.05, 0) is 24.3 Å². The molecule has 0 saturated carbocycles. The lowest BCUT2D eigenvalue weighted by Crippen LogP contribution is -2.09. The first-order valence-electron chi connectivity index (χ1n) is 6.68. The first-order chi connectivity index (χ1) is 11.4. The minimum absolute atomic E-state index is 0.0879. The summed E-state index contributed by atoms with van der Waals surface area (Å²) < 4.78 is 18.6. The first-order valence-corrected chi connectivity index (χ1v) is 7.05. The number of hydrogen-bond acceptors (Lipinski definition) is 4. The Hall–Kier alpha value is -2.93. The predicted molar refractivity (Wildman–Crippen MR) is 88.7 cm³/mol. The molecule has 2 rings (SSSR count). The second-order valence-electron chi connectivity index (χ2n) is 4.60. The van der Waals surface area contributed by atoms with Crippen LogP contribution in [0.3, 0.4) is 0 Å². The molecule has 2 aromatic rings. The van der Waals surface area contributed by atoms with Crippen LogP contribution in [-0.2, 0) is 4.79 Å². The van der Waals surface area contributed by atoms with Crippen LogP contribution < -0.4 is 10.1 Å². The van der Waals surface area contributed by atoms with Crippen LogP contribution in [0.5, 0.6) is 5.75 Å². The number of ether oxygens (including phenoxy) is 1. The van der Waals surface area contributed by atoms with Crippen LogP contribution in [-0.4, -0.2) is 17.9 Å². The van der Waals surface area contributed by atoms with Crippen molar-refractivity contribution < 1.29 is 18.8 Å². The van der Waals surface area contributed by atoms with Crippen LogP contribution in [0.1, 0.15) is 5.56 Å². The average Bonchev–Trinajstić information content (AvgIpc) is 2.54. The van der Waals surface area contributed by atoms with E-state index in [2.05, 4.69) is 5.32 Å². The first kappa shape index (κ1) is 17.4. The molecule has 0 unspecified atom stereocenters. The summed E-state index contributed by atoms with van der Waals surface area (Å²) in [5, 5.41) is 13.4. The highest BCUT2D eigenvalue weighted by molar-refractivity contribution is 6.32. The molecule has 0 atom stereocenters. The highest BCUT2D eigenvalue weighted by Crippen LogP contribution is 2.29. The van der Waals surface area contributed by atoms with Gasteiger partial charge in [0.25, 0.3) is 5.69 Å². The van der Waals surface area contributed by atoms with E-state index in [0.717, 1.165) is 6.08 Å². The predicted octanol–water partition coefficient (Wildman–Crippen LogP) is 4.05. The zero-order valence-corrected chi connectivity index (χ0v) is 13.2. The topological polar surface area (TPSA) is 81.5 Å². The Labute approximate surface area is 141 Å². The van der Waals surface area contributed by atoms with E-state index in [4.69, 9.17) is 16.3 Å². The van der Waals surface area contributed by atoms with Crippen molar-refractivity contribution in [3.63, 3.8) is 0 Å². The largest absolute Gasteiger partial charge is 0.494 e. The summed E-state index contributed by atoms with van der Waals surface area (Å²) in [5.74, 6) is -0.990. The number of carbonyl (C=O) groups is 1.